The topological polar surface area (TPSA) is 59.4 Å². The van der Waals surface area contributed by atoms with Crippen LogP contribution in [0.25, 0.3) is 16.6 Å². The molecule has 0 aliphatic carbocycles. The second kappa shape index (κ2) is 6.75. The van der Waals surface area contributed by atoms with Gasteiger partial charge in [-0.2, -0.15) is 10.2 Å². The normalized spacial score (nSPS) is 14.8. The van der Waals surface area contributed by atoms with E-state index >= 15 is 0 Å². The number of anilines is 1. The first-order chi connectivity index (χ1) is 13.7. The highest BCUT2D eigenvalue weighted by molar-refractivity contribution is 7.80. The third-order valence-electron chi connectivity index (χ3n) is 5.15. The molecule has 4 aromatic heterocycles. The summed E-state index contributed by atoms with van der Waals surface area (Å²) in [7, 11) is 1.92. The number of thiocarbonyl (C=S) groups is 1. The number of rotatable bonds is 2. The van der Waals surface area contributed by atoms with Gasteiger partial charge in [-0.15, -0.1) is 0 Å². The van der Waals surface area contributed by atoms with Gasteiger partial charge in [0.1, 0.15) is 6.33 Å². The van der Waals surface area contributed by atoms with E-state index in [-0.39, 0.29) is 0 Å². The van der Waals surface area contributed by atoms with E-state index in [0.717, 1.165) is 53.6 Å². The van der Waals surface area contributed by atoms with E-state index in [2.05, 4.69) is 43.3 Å². The number of fused-ring (bicyclic) bond motifs is 1. The SMILES string of the molecule is Cn1cc(-c2ccc3c(N4CCN(C(=S)n5ccnc5)CC4)cnn3c2)cn1. The van der Waals surface area contributed by atoms with Gasteiger partial charge in [-0.25, -0.2) is 9.50 Å². The predicted molar refractivity (Wildman–Crippen MR) is 111 cm³/mol. The fraction of sp³-hybridized carbons (Fsp3) is 0.263. The average Bonchev–Trinajstić information content (AvgIpc) is 3.47. The molecule has 4 aromatic rings. The summed E-state index contributed by atoms with van der Waals surface area (Å²) in [5.41, 5.74) is 4.46. The lowest BCUT2D eigenvalue weighted by atomic mass is 10.1. The molecule has 142 valence electrons. The van der Waals surface area contributed by atoms with Crippen LogP contribution >= 0.6 is 12.2 Å². The van der Waals surface area contributed by atoms with E-state index in [4.69, 9.17) is 12.2 Å². The molecule has 1 aliphatic rings. The molecule has 28 heavy (non-hydrogen) atoms. The Morgan fingerprint density at radius 2 is 1.86 bits per heavy atom. The van der Waals surface area contributed by atoms with Gasteiger partial charge in [0.25, 0.3) is 0 Å². The van der Waals surface area contributed by atoms with Crippen molar-refractivity contribution in [2.24, 2.45) is 7.05 Å². The molecule has 0 amide bonds. The van der Waals surface area contributed by atoms with Crippen LogP contribution in [-0.4, -0.2) is 65.1 Å². The number of pyridine rings is 1. The first-order valence-electron chi connectivity index (χ1n) is 9.17. The van der Waals surface area contributed by atoms with Crippen molar-refractivity contribution in [1.29, 1.82) is 0 Å². The predicted octanol–water partition coefficient (Wildman–Crippen LogP) is 1.89. The third-order valence-corrected chi connectivity index (χ3v) is 5.62. The summed E-state index contributed by atoms with van der Waals surface area (Å²) in [5, 5.41) is 9.63. The summed E-state index contributed by atoms with van der Waals surface area (Å²) in [4.78, 5) is 8.68. The zero-order valence-electron chi connectivity index (χ0n) is 15.5. The van der Waals surface area contributed by atoms with Crippen LogP contribution in [0.5, 0.6) is 0 Å². The lowest BCUT2D eigenvalue weighted by molar-refractivity contribution is 0.382. The summed E-state index contributed by atoms with van der Waals surface area (Å²) in [6.07, 6.45) is 13.3. The minimum Gasteiger partial charge on any atom is -0.365 e. The molecule has 1 saturated heterocycles. The van der Waals surface area contributed by atoms with Crippen LogP contribution in [0.3, 0.4) is 0 Å². The maximum Gasteiger partial charge on any atom is 0.181 e. The maximum atomic E-state index is 5.58. The van der Waals surface area contributed by atoms with Gasteiger partial charge in [0.15, 0.2) is 5.11 Å². The molecular weight excluding hydrogens is 372 g/mol. The minimum atomic E-state index is 0.804. The van der Waals surface area contributed by atoms with Crippen molar-refractivity contribution in [2.45, 2.75) is 0 Å². The van der Waals surface area contributed by atoms with Crippen LogP contribution in [-0.2, 0) is 7.05 Å². The Balaban J connectivity index is 1.34. The Morgan fingerprint density at radius 1 is 1.00 bits per heavy atom. The fourth-order valence-corrected chi connectivity index (χ4v) is 3.92. The molecule has 0 unspecified atom stereocenters. The molecule has 8 nitrogen and oxygen atoms in total. The Morgan fingerprint density at radius 3 is 2.57 bits per heavy atom. The van der Waals surface area contributed by atoms with Crippen LogP contribution < -0.4 is 4.90 Å². The largest absolute Gasteiger partial charge is 0.365 e. The highest BCUT2D eigenvalue weighted by Crippen LogP contribution is 2.26. The number of nitrogens with zero attached hydrogens (tertiary/aromatic N) is 8. The summed E-state index contributed by atoms with van der Waals surface area (Å²) in [6.45, 7) is 3.56. The van der Waals surface area contributed by atoms with Crippen molar-refractivity contribution in [3.63, 3.8) is 0 Å². The van der Waals surface area contributed by atoms with Gasteiger partial charge in [0.05, 0.1) is 23.6 Å². The van der Waals surface area contributed by atoms with Crippen LogP contribution in [0, 0.1) is 0 Å². The second-order valence-corrected chi connectivity index (χ2v) is 7.27. The molecule has 0 atom stereocenters. The van der Waals surface area contributed by atoms with Gasteiger partial charge < -0.3 is 9.80 Å². The molecule has 0 N–H and O–H groups in total. The third kappa shape index (κ3) is 2.93. The standard InChI is InChI=1S/C19H20N8S/c1-23-12-16(10-21-23)15-2-3-17-18(11-22-27(17)13-15)24-6-8-25(9-7-24)19(28)26-5-4-20-14-26/h2-5,10-14H,6-9H2,1H3. The van der Waals surface area contributed by atoms with Crippen LogP contribution in [0.1, 0.15) is 0 Å². The molecule has 0 bridgehead atoms. The highest BCUT2D eigenvalue weighted by atomic mass is 32.1. The number of piperazine rings is 1. The van der Waals surface area contributed by atoms with E-state index in [1.807, 2.05) is 45.6 Å². The van der Waals surface area contributed by atoms with Crippen molar-refractivity contribution in [2.75, 3.05) is 31.1 Å². The van der Waals surface area contributed by atoms with E-state index in [0.29, 0.717) is 0 Å². The van der Waals surface area contributed by atoms with Gasteiger partial charge in [-0.1, -0.05) is 6.07 Å². The highest BCUT2D eigenvalue weighted by Gasteiger charge is 2.22. The van der Waals surface area contributed by atoms with Crippen LogP contribution in [0.2, 0.25) is 0 Å². The number of aryl methyl sites for hydroxylation is 1. The smallest absolute Gasteiger partial charge is 0.181 e. The molecule has 0 spiro atoms. The second-order valence-electron chi connectivity index (χ2n) is 6.91. The van der Waals surface area contributed by atoms with Gasteiger partial charge in [-0.05, 0) is 18.3 Å². The summed E-state index contributed by atoms with van der Waals surface area (Å²) in [5.74, 6) is 0. The Labute approximate surface area is 167 Å². The van der Waals surface area contributed by atoms with Crippen molar-refractivity contribution in [1.82, 2.24) is 33.8 Å². The molecule has 0 radical (unpaired) electrons. The Hall–Kier alpha value is -3.20. The molecule has 1 fully saturated rings. The van der Waals surface area contributed by atoms with Gasteiger partial charge in [0.2, 0.25) is 0 Å². The van der Waals surface area contributed by atoms with Crippen molar-refractivity contribution in [3.8, 4) is 11.1 Å². The van der Waals surface area contributed by atoms with Gasteiger partial charge in [0, 0.05) is 69.1 Å². The molecule has 0 aromatic carbocycles. The fourth-order valence-electron chi connectivity index (χ4n) is 3.63. The van der Waals surface area contributed by atoms with Crippen molar-refractivity contribution < 1.29 is 0 Å². The molecular formula is C19H20N8S. The quantitative estimate of drug-likeness (QED) is 0.486. The molecule has 9 heteroatoms. The molecule has 0 saturated carbocycles. The van der Waals surface area contributed by atoms with Crippen molar-refractivity contribution >= 4 is 28.5 Å². The van der Waals surface area contributed by atoms with E-state index in [9.17, 15) is 0 Å². The van der Waals surface area contributed by atoms with Crippen LogP contribution in [0.4, 0.5) is 5.69 Å². The van der Waals surface area contributed by atoms with Crippen molar-refractivity contribution in [3.05, 3.63) is 55.6 Å². The van der Waals surface area contributed by atoms with E-state index in [1.54, 1.807) is 12.5 Å². The maximum absolute atomic E-state index is 5.58. The monoisotopic (exact) mass is 392 g/mol. The number of aromatic nitrogens is 6. The zero-order valence-corrected chi connectivity index (χ0v) is 16.3. The van der Waals surface area contributed by atoms with E-state index in [1.165, 1.54) is 0 Å². The number of imidazole rings is 1. The zero-order chi connectivity index (χ0) is 19.1. The van der Waals surface area contributed by atoms with Crippen LogP contribution in [0.15, 0.2) is 55.6 Å². The van der Waals surface area contributed by atoms with E-state index < -0.39 is 0 Å². The Bertz CT molecular complexity index is 1120. The van der Waals surface area contributed by atoms with Gasteiger partial charge >= 0.3 is 0 Å². The summed E-state index contributed by atoms with van der Waals surface area (Å²) >= 11 is 5.58. The molecule has 5 rings (SSSR count). The molecule has 1 aliphatic heterocycles. The summed E-state index contributed by atoms with van der Waals surface area (Å²) in [6, 6.07) is 4.26. The lowest BCUT2D eigenvalue weighted by Crippen LogP contribution is -2.49. The number of hydrogen-bond acceptors (Lipinski definition) is 5. The van der Waals surface area contributed by atoms with Gasteiger partial charge in [-0.3, -0.25) is 9.25 Å². The molecule has 5 heterocycles. The first kappa shape index (κ1) is 16.9. The minimum absolute atomic E-state index is 0.804. The number of hydrogen-bond donors (Lipinski definition) is 0. The Kier molecular flexibility index (Phi) is 4.09. The summed E-state index contributed by atoms with van der Waals surface area (Å²) < 4.78 is 5.64. The lowest BCUT2D eigenvalue weighted by Gasteiger charge is -2.36. The first-order valence-corrected chi connectivity index (χ1v) is 9.58. The average molecular weight is 392 g/mol.